The molecule has 0 aliphatic rings. The standard InChI is InChI=1S/C22H21NO4S/c1-17-8-10-18(11-9-17)16-27-22(24)19-12-14-21(15-13-19)28(25,26)23(2)20-6-4-3-5-7-20/h3-15H,16H2,1-2H3. The molecule has 0 spiro atoms. The topological polar surface area (TPSA) is 63.7 Å². The highest BCUT2D eigenvalue weighted by atomic mass is 32.2. The van der Waals surface area contributed by atoms with Crippen LogP contribution < -0.4 is 4.31 Å². The molecule has 0 bridgehead atoms. The number of carbonyl (C=O) groups is 1. The lowest BCUT2D eigenvalue weighted by atomic mass is 10.2. The largest absolute Gasteiger partial charge is 0.457 e. The Kier molecular flexibility index (Phi) is 5.80. The van der Waals surface area contributed by atoms with Crippen molar-refractivity contribution >= 4 is 21.7 Å². The Labute approximate surface area is 165 Å². The molecule has 3 aromatic carbocycles. The van der Waals surface area contributed by atoms with Crippen molar-refractivity contribution in [3.05, 3.63) is 95.6 Å². The molecule has 0 aliphatic carbocycles. The number of rotatable bonds is 6. The molecule has 0 N–H and O–H groups in total. The van der Waals surface area contributed by atoms with Crippen LogP contribution in [0.15, 0.2) is 83.8 Å². The second-order valence-electron chi connectivity index (χ2n) is 6.39. The molecule has 5 nitrogen and oxygen atoms in total. The molecule has 144 valence electrons. The average molecular weight is 395 g/mol. The molecule has 0 saturated carbocycles. The highest BCUT2D eigenvalue weighted by molar-refractivity contribution is 7.92. The molecule has 3 aromatic rings. The maximum Gasteiger partial charge on any atom is 0.338 e. The summed E-state index contributed by atoms with van der Waals surface area (Å²) in [6.45, 7) is 2.15. The van der Waals surface area contributed by atoms with E-state index in [0.29, 0.717) is 11.3 Å². The van der Waals surface area contributed by atoms with Gasteiger partial charge in [-0.2, -0.15) is 0 Å². The van der Waals surface area contributed by atoms with Crippen LogP contribution in [-0.2, 0) is 21.4 Å². The zero-order valence-electron chi connectivity index (χ0n) is 15.7. The van der Waals surface area contributed by atoms with Crippen molar-refractivity contribution in [1.82, 2.24) is 0 Å². The van der Waals surface area contributed by atoms with Gasteiger partial charge >= 0.3 is 5.97 Å². The Balaban J connectivity index is 1.70. The third-order valence-corrected chi connectivity index (χ3v) is 6.16. The summed E-state index contributed by atoms with van der Waals surface area (Å²) in [6.07, 6.45) is 0. The highest BCUT2D eigenvalue weighted by Gasteiger charge is 2.21. The van der Waals surface area contributed by atoms with E-state index in [2.05, 4.69) is 0 Å². The molecule has 0 radical (unpaired) electrons. The summed E-state index contributed by atoms with van der Waals surface area (Å²) in [5.74, 6) is -0.499. The maximum absolute atomic E-state index is 12.8. The predicted molar refractivity (Wildman–Crippen MR) is 109 cm³/mol. The number of anilines is 1. The number of carbonyl (C=O) groups excluding carboxylic acids is 1. The predicted octanol–water partition coefficient (Wildman–Crippen LogP) is 4.18. The lowest BCUT2D eigenvalue weighted by molar-refractivity contribution is 0.0472. The first kappa shape index (κ1) is 19.6. The lowest BCUT2D eigenvalue weighted by Gasteiger charge is -2.19. The van der Waals surface area contributed by atoms with Crippen LogP contribution in [-0.4, -0.2) is 21.4 Å². The second-order valence-corrected chi connectivity index (χ2v) is 8.36. The average Bonchev–Trinajstić information content (AvgIpc) is 2.73. The van der Waals surface area contributed by atoms with Gasteiger partial charge in [-0.05, 0) is 48.9 Å². The SMILES string of the molecule is Cc1ccc(COC(=O)c2ccc(S(=O)(=O)N(C)c3ccccc3)cc2)cc1. The van der Waals surface area contributed by atoms with E-state index in [4.69, 9.17) is 4.74 Å². The number of ether oxygens (including phenoxy) is 1. The molecule has 0 heterocycles. The van der Waals surface area contributed by atoms with E-state index in [9.17, 15) is 13.2 Å². The summed E-state index contributed by atoms with van der Waals surface area (Å²) in [6, 6.07) is 22.3. The quantitative estimate of drug-likeness (QED) is 0.588. The number of benzene rings is 3. The first-order valence-corrected chi connectivity index (χ1v) is 10.2. The third-order valence-electron chi connectivity index (χ3n) is 4.36. The molecule has 0 aromatic heterocycles. The first-order chi connectivity index (χ1) is 13.4. The summed E-state index contributed by atoms with van der Waals surface area (Å²) < 4.78 is 32.0. The van der Waals surface area contributed by atoms with Gasteiger partial charge < -0.3 is 4.74 Å². The monoisotopic (exact) mass is 395 g/mol. The Morgan fingerprint density at radius 2 is 1.50 bits per heavy atom. The normalized spacial score (nSPS) is 11.1. The van der Waals surface area contributed by atoms with Gasteiger partial charge in [0.1, 0.15) is 6.61 Å². The molecular weight excluding hydrogens is 374 g/mol. The van der Waals surface area contributed by atoms with Crippen molar-refractivity contribution in [3.8, 4) is 0 Å². The van der Waals surface area contributed by atoms with Crippen LogP contribution >= 0.6 is 0 Å². The smallest absolute Gasteiger partial charge is 0.338 e. The number of hydrogen-bond acceptors (Lipinski definition) is 4. The third kappa shape index (κ3) is 4.40. The molecule has 0 amide bonds. The van der Waals surface area contributed by atoms with Gasteiger partial charge in [-0.25, -0.2) is 13.2 Å². The molecule has 0 saturated heterocycles. The number of aryl methyl sites for hydroxylation is 1. The van der Waals surface area contributed by atoms with E-state index in [1.54, 1.807) is 24.3 Å². The Bertz CT molecular complexity index is 1040. The summed E-state index contributed by atoms with van der Waals surface area (Å²) >= 11 is 0. The van der Waals surface area contributed by atoms with E-state index in [1.807, 2.05) is 37.3 Å². The Morgan fingerprint density at radius 1 is 0.893 bits per heavy atom. The molecule has 0 fully saturated rings. The van der Waals surface area contributed by atoms with Gasteiger partial charge in [0.25, 0.3) is 10.0 Å². The van der Waals surface area contributed by atoms with Crippen molar-refractivity contribution in [2.75, 3.05) is 11.4 Å². The van der Waals surface area contributed by atoms with E-state index < -0.39 is 16.0 Å². The van der Waals surface area contributed by atoms with E-state index in [-0.39, 0.29) is 11.5 Å². The zero-order chi connectivity index (χ0) is 20.1. The molecule has 0 aliphatic heterocycles. The Hall–Kier alpha value is -3.12. The molecular formula is C22H21NO4S. The highest BCUT2D eigenvalue weighted by Crippen LogP contribution is 2.22. The van der Waals surface area contributed by atoms with Crippen LogP contribution in [0.2, 0.25) is 0 Å². The number of sulfonamides is 1. The van der Waals surface area contributed by atoms with Gasteiger partial charge in [0.2, 0.25) is 0 Å². The summed E-state index contributed by atoms with van der Waals surface area (Å²) in [4.78, 5) is 12.3. The second kappa shape index (κ2) is 8.27. The first-order valence-electron chi connectivity index (χ1n) is 8.74. The van der Waals surface area contributed by atoms with E-state index in [0.717, 1.165) is 11.1 Å². The van der Waals surface area contributed by atoms with Gasteiger partial charge in [0, 0.05) is 7.05 Å². The van der Waals surface area contributed by atoms with Crippen LogP contribution in [0.3, 0.4) is 0 Å². The number of hydrogen-bond donors (Lipinski definition) is 0. The van der Waals surface area contributed by atoms with Crippen LogP contribution in [0.5, 0.6) is 0 Å². The van der Waals surface area contributed by atoms with Crippen molar-refractivity contribution in [2.24, 2.45) is 0 Å². The fraction of sp³-hybridized carbons (Fsp3) is 0.136. The van der Waals surface area contributed by atoms with E-state index >= 15 is 0 Å². The maximum atomic E-state index is 12.8. The van der Waals surface area contributed by atoms with Gasteiger partial charge in [0.05, 0.1) is 16.1 Å². The Morgan fingerprint density at radius 3 is 2.11 bits per heavy atom. The zero-order valence-corrected chi connectivity index (χ0v) is 16.5. The molecule has 0 unspecified atom stereocenters. The number of esters is 1. The number of nitrogens with zero attached hydrogens (tertiary/aromatic N) is 1. The van der Waals surface area contributed by atoms with Crippen molar-refractivity contribution in [1.29, 1.82) is 0 Å². The molecule has 3 rings (SSSR count). The summed E-state index contributed by atoms with van der Waals surface area (Å²) in [7, 11) is -2.22. The van der Waals surface area contributed by atoms with Crippen LogP contribution in [0.25, 0.3) is 0 Å². The minimum Gasteiger partial charge on any atom is -0.457 e. The molecule has 0 atom stereocenters. The number of para-hydroxylation sites is 1. The van der Waals surface area contributed by atoms with Crippen LogP contribution in [0, 0.1) is 6.92 Å². The summed E-state index contributed by atoms with van der Waals surface area (Å²) in [5, 5.41) is 0. The molecule has 28 heavy (non-hydrogen) atoms. The van der Waals surface area contributed by atoms with Crippen LogP contribution in [0.1, 0.15) is 21.5 Å². The van der Waals surface area contributed by atoms with Crippen molar-refractivity contribution < 1.29 is 17.9 Å². The summed E-state index contributed by atoms with van der Waals surface area (Å²) in [5.41, 5.74) is 2.88. The van der Waals surface area contributed by atoms with Gasteiger partial charge in [-0.15, -0.1) is 0 Å². The van der Waals surface area contributed by atoms with Gasteiger partial charge in [0.15, 0.2) is 0 Å². The van der Waals surface area contributed by atoms with Crippen LogP contribution in [0.4, 0.5) is 5.69 Å². The molecule has 6 heteroatoms. The fourth-order valence-corrected chi connectivity index (χ4v) is 3.81. The minimum atomic E-state index is -3.71. The van der Waals surface area contributed by atoms with Crippen molar-refractivity contribution in [3.63, 3.8) is 0 Å². The lowest BCUT2D eigenvalue weighted by Crippen LogP contribution is -2.26. The fourth-order valence-electron chi connectivity index (χ4n) is 2.61. The van der Waals surface area contributed by atoms with Gasteiger partial charge in [-0.1, -0.05) is 48.0 Å². The van der Waals surface area contributed by atoms with Crippen molar-refractivity contribution in [2.45, 2.75) is 18.4 Å². The minimum absolute atomic E-state index is 0.105. The van der Waals surface area contributed by atoms with E-state index in [1.165, 1.54) is 35.6 Å². The van der Waals surface area contributed by atoms with Gasteiger partial charge in [-0.3, -0.25) is 4.31 Å².